The third-order valence-corrected chi connectivity index (χ3v) is 5.51. The van der Waals surface area contributed by atoms with E-state index >= 15 is 0 Å². The summed E-state index contributed by atoms with van der Waals surface area (Å²) in [6.45, 7) is 0. The molecule has 2 aliphatic carbocycles. The van der Waals surface area contributed by atoms with Gasteiger partial charge in [0, 0.05) is 12.5 Å². The highest BCUT2D eigenvalue weighted by atomic mass is 16.1. The van der Waals surface area contributed by atoms with E-state index in [1.54, 1.807) is 0 Å². The highest BCUT2D eigenvalue weighted by Crippen LogP contribution is 2.36. The molecule has 2 saturated carbocycles. The number of benzene rings is 1. The minimum atomic E-state index is 0.175. The van der Waals surface area contributed by atoms with Gasteiger partial charge in [0.05, 0.1) is 6.04 Å². The van der Waals surface area contributed by atoms with Gasteiger partial charge in [-0.05, 0) is 43.1 Å². The van der Waals surface area contributed by atoms with Crippen LogP contribution in [0.3, 0.4) is 0 Å². The highest BCUT2D eigenvalue weighted by Gasteiger charge is 2.30. The zero-order valence-electron chi connectivity index (χ0n) is 13.3. The fourth-order valence-electron chi connectivity index (χ4n) is 4.21. The van der Waals surface area contributed by atoms with Gasteiger partial charge in [0.25, 0.3) is 0 Å². The normalized spacial score (nSPS) is 27.0. The van der Waals surface area contributed by atoms with E-state index in [1.807, 2.05) is 6.07 Å². The van der Waals surface area contributed by atoms with Crippen molar-refractivity contribution in [3.63, 3.8) is 0 Å². The van der Waals surface area contributed by atoms with Crippen molar-refractivity contribution < 1.29 is 4.79 Å². The smallest absolute Gasteiger partial charge is 0.220 e. The number of rotatable bonds is 5. The van der Waals surface area contributed by atoms with Crippen LogP contribution in [0.1, 0.15) is 63.0 Å². The molecule has 0 radical (unpaired) electrons. The van der Waals surface area contributed by atoms with Crippen molar-refractivity contribution in [2.45, 2.75) is 63.5 Å². The molecule has 0 aliphatic heterocycles. The van der Waals surface area contributed by atoms with Gasteiger partial charge in [-0.25, -0.2) is 0 Å². The molecule has 0 bridgehead atoms. The van der Waals surface area contributed by atoms with Crippen LogP contribution in [0.4, 0.5) is 0 Å². The van der Waals surface area contributed by atoms with Crippen LogP contribution in [0, 0.1) is 11.8 Å². The number of nitrogens with one attached hydrogen (secondary N) is 1. The second kappa shape index (κ2) is 7.28. The molecular formula is C19H28N2O. The first-order valence-electron chi connectivity index (χ1n) is 8.84. The fourth-order valence-corrected chi connectivity index (χ4v) is 4.21. The van der Waals surface area contributed by atoms with Crippen LogP contribution in [0.5, 0.6) is 0 Å². The number of amides is 1. The summed E-state index contributed by atoms with van der Waals surface area (Å²) in [5, 5.41) is 3.33. The molecule has 2 aliphatic rings. The number of hydrogen-bond donors (Lipinski definition) is 2. The average molecular weight is 300 g/mol. The molecule has 3 atom stereocenters. The number of hydrogen-bond acceptors (Lipinski definition) is 2. The van der Waals surface area contributed by atoms with Gasteiger partial charge in [-0.3, -0.25) is 4.79 Å². The summed E-state index contributed by atoms with van der Waals surface area (Å²) in [7, 11) is 0. The maximum absolute atomic E-state index is 12.5. The van der Waals surface area contributed by atoms with Gasteiger partial charge in [0.1, 0.15) is 0 Å². The molecule has 0 heterocycles. The van der Waals surface area contributed by atoms with Gasteiger partial charge in [0.15, 0.2) is 0 Å². The van der Waals surface area contributed by atoms with Gasteiger partial charge >= 0.3 is 0 Å². The molecule has 1 aromatic carbocycles. The molecule has 1 amide bonds. The summed E-state index contributed by atoms with van der Waals surface area (Å²) in [5.74, 6) is 1.15. The van der Waals surface area contributed by atoms with Crippen molar-refractivity contribution in [2.75, 3.05) is 0 Å². The molecule has 120 valence electrons. The largest absolute Gasteiger partial charge is 0.349 e. The Hall–Kier alpha value is -1.35. The Morgan fingerprint density at radius 1 is 1.09 bits per heavy atom. The Kier molecular flexibility index (Phi) is 5.14. The predicted molar refractivity (Wildman–Crippen MR) is 89.2 cm³/mol. The maximum Gasteiger partial charge on any atom is 0.220 e. The fraction of sp³-hybridized carbons (Fsp3) is 0.632. The summed E-state index contributed by atoms with van der Waals surface area (Å²) >= 11 is 0. The van der Waals surface area contributed by atoms with Gasteiger partial charge in [-0.2, -0.15) is 0 Å². The molecule has 3 nitrogen and oxygen atoms in total. The lowest BCUT2D eigenvalue weighted by molar-refractivity contribution is -0.123. The predicted octanol–water partition coefficient (Wildman–Crippen LogP) is 3.55. The summed E-state index contributed by atoms with van der Waals surface area (Å²) < 4.78 is 0. The molecule has 1 aromatic rings. The SMILES string of the molecule is N[C@@H]1CCC[C@H]1CC(=O)NC(c1ccccc1)C1CCCC1. The van der Waals surface area contributed by atoms with Crippen molar-refractivity contribution in [1.29, 1.82) is 0 Å². The molecule has 0 aromatic heterocycles. The Bertz CT molecular complexity index is 481. The Balaban J connectivity index is 1.65. The molecule has 22 heavy (non-hydrogen) atoms. The molecule has 2 fully saturated rings. The summed E-state index contributed by atoms with van der Waals surface area (Å²) in [6, 6.07) is 10.8. The molecule has 3 rings (SSSR count). The van der Waals surface area contributed by atoms with Crippen LogP contribution in [0.2, 0.25) is 0 Å². The lowest BCUT2D eigenvalue weighted by Gasteiger charge is -2.26. The zero-order chi connectivity index (χ0) is 15.4. The first-order chi connectivity index (χ1) is 10.7. The van der Waals surface area contributed by atoms with Gasteiger partial charge < -0.3 is 11.1 Å². The minimum absolute atomic E-state index is 0.175. The second-order valence-corrected chi connectivity index (χ2v) is 7.06. The van der Waals surface area contributed by atoms with Gasteiger partial charge in [0.2, 0.25) is 5.91 Å². The first kappa shape index (κ1) is 15.5. The number of nitrogens with two attached hydrogens (primary N) is 1. The van der Waals surface area contributed by atoms with E-state index < -0.39 is 0 Å². The standard InChI is InChI=1S/C19H28N2O/c20-17-12-6-11-16(17)13-18(22)21-19(15-9-4-5-10-15)14-7-2-1-3-8-14/h1-3,7-8,15-17,19H,4-6,9-13,20H2,(H,21,22)/t16-,17+,19?/m0/s1. The zero-order valence-corrected chi connectivity index (χ0v) is 13.3. The van der Waals surface area contributed by atoms with E-state index in [-0.39, 0.29) is 18.0 Å². The van der Waals surface area contributed by atoms with Crippen molar-refractivity contribution in [3.8, 4) is 0 Å². The van der Waals surface area contributed by atoms with Gasteiger partial charge in [-0.1, -0.05) is 49.6 Å². The minimum Gasteiger partial charge on any atom is -0.349 e. The van der Waals surface area contributed by atoms with Crippen molar-refractivity contribution in [3.05, 3.63) is 35.9 Å². The quantitative estimate of drug-likeness (QED) is 0.873. The molecule has 1 unspecified atom stereocenters. The summed E-state index contributed by atoms with van der Waals surface area (Å²) in [4.78, 5) is 12.5. The third-order valence-electron chi connectivity index (χ3n) is 5.51. The second-order valence-electron chi connectivity index (χ2n) is 7.06. The van der Waals surface area contributed by atoms with Crippen molar-refractivity contribution in [1.82, 2.24) is 5.32 Å². The van der Waals surface area contributed by atoms with Crippen molar-refractivity contribution >= 4 is 5.91 Å². The maximum atomic E-state index is 12.5. The average Bonchev–Trinajstić information content (AvgIpc) is 3.18. The highest BCUT2D eigenvalue weighted by molar-refractivity contribution is 5.76. The lowest BCUT2D eigenvalue weighted by Crippen LogP contribution is -2.36. The first-order valence-corrected chi connectivity index (χ1v) is 8.84. The Morgan fingerprint density at radius 2 is 1.82 bits per heavy atom. The van der Waals surface area contributed by atoms with Gasteiger partial charge in [-0.15, -0.1) is 0 Å². The van der Waals surface area contributed by atoms with E-state index in [1.165, 1.54) is 37.7 Å². The summed E-state index contributed by atoms with van der Waals surface area (Å²) in [5.41, 5.74) is 7.36. The molecule has 3 heteroatoms. The van der Waals surface area contributed by atoms with E-state index in [9.17, 15) is 4.79 Å². The third kappa shape index (κ3) is 3.70. The molecule has 0 spiro atoms. The van der Waals surface area contributed by atoms with Crippen LogP contribution < -0.4 is 11.1 Å². The van der Waals surface area contributed by atoms with Crippen molar-refractivity contribution in [2.24, 2.45) is 17.6 Å². The number of carbonyl (C=O) groups excluding carboxylic acids is 1. The topological polar surface area (TPSA) is 55.1 Å². The van der Waals surface area contributed by atoms with Crippen LogP contribution in [-0.4, -0.2) is 11.9 Å². The molecular weight excluding hydrogens is 272 g/mol. The van der Waals surface area contributed by atoms with Crippen LogP contribution in [0.15, 0.2) is 30.3 Å². The van der Waals surface area contributed by atoms with Crippen LogP contribution >= 0.6 is 0 Å². The number of carbonyl (C=O) groups is 1. The Morgan fingerprint density at radius 3 is 2.45 bits per heavy atom. The Labute approximate surface area is 133 Å². The van der Waals surface area contributed by atoms with E-state index in [0.29, 0.717) is 18.3 Å². The van der Waals surface area contributed by atoms with Crippen LogP contribution in [0.25, 0.3) is 0 Å². The van der Waals surface area contributed by atoms with E-state index in [2.05, 4.69) is 29.6 Å². The monoisotopic (exact) mass is 300 g/mol. The molecule has 3 N–H and O–H groups in total. The van der Waals surface area contributed by atoms with E-state index in [0.717, 1.165) is 12.8 Å². The molecule has 0 saturated heterocycles. The summed E-state index contributed by atoms with van der Waals surface area (Å²) in [6.07, 6.45) is 8.97. The lowest BCUT2D eigenvalue weighted by atomic mass is 9.91. The van der Waals surface area contributed by atoms with E-state index in [4.69, 9.17) is 5.73 Å². The van der Waals surface area contributed by atoms with Crippen LogP contribution in [-0.2, 0) is 4.79 Å².